The molecule has 1 fully saturated rings. The molecule has 0 aliphatic heterocycles. The van der Waals surface area contributed by atoms with Crippen molar-refractivity contribution in [3.8, 4) is 11.3 Å². The molecule has 1 aromatic heterocycles. The molecule has 0 unspecified atom stereocenters. The fourth-order valence-electron chi connectivity index (χ4n) is 2.07. The van der Waals surface area contributed by atoms with Gasteiger partial charge in [0.1, 0.15) is 5.82 Å². The Morgan fingerprint density at radius 1 is 1.39 bits per heavy atom. The van der Waals surface area contributed by atoms with Crippen molar-refractivity contribution in [2.75, 3.05) is 0 Å². The number of aromatic nitrogens is 2. The van der Waals surface area contributed by atoms with Crippen LogP contribution in [0.5, 0.6) is 0 Å². The van der Waals surface area contributed by atoms with Crippen molar-refractivity contribution in [3.63, 3.8) is 0 Å². The zero-order chi connectivity index (χ0) is 12.5. The van der Waals surface area contributed by atoms with E-state index in [1.54, 1.807) is 16.9 Å². The Hall–Kier alpha value is -1.68. The van der Waals surface area contributed by atoms with Crippen LogP contribution < -0.4 is 5.32 Å². The second kappa shape index (κ2) is 4.53. The molecule has 0 amide bonds. The average Bonchev–Trinajstić information content (AvgIpc) is 3.10. The van der Waals surface area contributed by atoms with E-state index >= 15 is 0 Å². The summed E-state index contributed by atoms with van der Waals surface area (Å²) in [4.78, 5) is 0. The highest BCUT2D eigenvalue weighted by atomic mass is 19.1. The van der Waals surface area contributed by atoms with E-state index in [9.17, 15) is 4.39 Å². The van der Waals surface area contributed by atoms with Crippen LogP contribution in [0.4, 0.5) is 4.39 Å². The molecule has 18 heavy (non-hydrogen) atoms. The van der Waals surface area contributed by atoms with Crippen LogP contribution in [0, 0.1) is 5.82 Å². The summed E-state index contributed by atoms with van der Waals surface area (Å²) in [6, 6.07) is 7.76. The molecule has 1 N–H and O–H groups in total. The number of nitrogens with one attached hydrogen (secondary N) is 1. The maximum absolute atomic E-state index is 13.7. The molecule has 3 rings (SSSR count). The van der Waals surface area contributed by atoms with Gasteiger partial charge in [-0.05, 0) is 37.1 Å². The first kappa shape index (κ1) is 11.4. The summed E-state index contributed by atoms with van der Waals surface area (Å²) < 4.78 is 15.5. The van der Waals surface area contributed by atoms with Crippen LogP contribution in [-0.2, 0) is 13.6 Å². The van der Waals surface area contributed by atoms with E-state index in [2.05, 4.69) is 10.4 Å². The molecule has 1 heterocycles. The molecule has 4 heteroatoms. The third-order valence-electron chi connectivity index (χ3n) is 3.32. The highest BCUT2D eigenvalue weighted by Crippen LogP contribution is 2.23. The van der Waals surface area contributed by atoms with Gasteiger partial charge in [-0.15, -0.1) is 0 Å². The van der Waals surface area contributed by atoms with Crippen LogP contribution in [0.3, 0.4) is 0 Å². The van der Waals surface area contributed by atoms with Gasteiger partial charge >= 0.3 is 0 Å². The Morgan fingerprint density at radius 3 is 2.89 bits per heavy atom. The molecular weight excluding hydrogens is 229 g/mol. The molecule has 1 aliphatic rings. The number of hydrogen-bond acceptors (Lipinski definition) is 2. The van der Waals surface area contributed by atoms with E-state index in [4.69, 9.17) is 0 Å². The van der Waals surface area contributed by atoms with Gasteiger partial charge in [0.25, 0.3) is 0 Å². The highest BCUT2D eigenvalue weighted by molar-refractivity contribution is 5.60. The Balaban J connectivity index is 1.87. The Kier molecular flexibility index (Phi) is 2.88. The van der Waals surface area contributed by atoms with E-state index in [1.165, 1.54) is 18.9 Å². The van der Waals surface area contributed by atoms with E-state index in [0.717, 1.165) is 16.8 Å². The maximum atomic E-state index is 13.7. The van der Waals surface area contributed by atoms with Crippen LogP contribution in [-0.4, -0.2) is 15.8 Å². The van der Waals surface area contributed by atoms with Gasteiger partial charge in [-0.2, -0.15) is 5.10 Å². The van der Waals surface area contributed by atoms with Crippen molar-refractivity contribution < 1.29 is 4.39 Å². The van der Waals surface area contributed by atoms with Gasteiger partial charge in [-0.3, -0.25) is 4.68 Å². The van der Waals surface area contributed by atoms with Crippen molar-refractivity contribution in [1.82, 2.24) is 15.1 Å². The van der Waals surface area contributed by atoms with Gasteiger partial charge in [0.05, 0.1) is 5.69 Å². The molecule has 0 atom stereocenters. The molecule has 0 spiro atoms. The van der Waals surface area contributed by atoms with E-state index in [-0.39, 0.29) is 5.82 Å². The summed E-state index contributed by atoms with van der Waals surface area (Å²) in [7, 11) is 1.89. The minimum atomic E-state index is -0.144. The second-order valence-corrected chi connectivity index (χ2v) is 4.80. The molecule has 94 valence electrons. The van der Waals surface area contributed by atoms with Gasteiger partial charge in [0.2, 0.25) is 0 Å². The van der Waals surface area contributed by atoms with E-state index < -0.39 is 0 Å². The smallest absolute Gasteiger partial charge is 0.127 e. The summed E-state index contributed by atoms with van der Waals surface area (Å²) in [5.74, 6) is -0.144. The lowest BCUT2D eigenvalue weighted by Crippen LogP contribution is -2.16. The van der Waals surface area contributed by atoms with Crippen molar-refractivity contribution in [3.05, 3.63) is 41.8 Å². The summed E-state index contributed by atoms with van der Waals surface area (Å²) in [6.45, 7) is 0.599. The molecule has 0 saturated heterocycles. The number of benzene rings is 1. The van der Waals surface area contributed by atoms with Gasteiger partial charge < -0.3 is 5.32 Å². The monoisotopic (exact) mass is 245 g/mol. The minimum absolute atomic E-state index is 0.144. The lowest BCUT2D eigenvalue weighted by Gasteiger charge is -2.08. The fraction of sp³-hybridized carbons (Fsp3) is 0.357. The zero-order valence-electron chi connectivity index (χ0n) is 10.4. The van der Waals surface area contributed by atoms with Crippen LogP contribution in [0.25, 0.3) is 11.3 Å². The SMILES string of the molecule is Cn1nccc1-c1ccc(F)c(CNC2CC2)c1. The van der Waals surface area contributed by atoms with Crippen molar-refractivity contribution in [2.45, 2.75) is 25.4 Å². The third-order valence-corrected chi connectivity index (χ3v) is 3.32. The quantitative estimate of drug-likeness (QED) is 0.896. The van der Waals surface area contributed by atoms with Crippen LogP contribution in [0.1, 0.15) is 18.4 Å². The number of hydrogen-bond donors (Lipinski definition) is 1. The van der Waals surface area contributed by atoms with Gasteiger partial charge in [-0.25, -0.2) is 4.39 Å². The summed E-state index contributed by atoms with van der Waals surface area (Å²) >= 11 is 0. The van der Waals surface area contributed by atoms with Crippen LogP contribution in [0.2, 0.25) is 0 Å². The lowest BCUT2D eigenvalue weighted by molar-refractivity contribution is 0.587. The second-order valence-electron chi connectivity index (χ2n) is 4.80. The van der Waals surface area contributed by atoms with Crippen LogP contribution >= 0.6 is 0 Å². The molecule has 1 aliphatic carbocycles. The highest BCUT2D eigenvalue weighted by Gasteiger charge is 2.20. The topological polar surface area (TPSA) is 29.9 Å². The summed E-state index contributed by atoms with van der Waals surface area (Å²) in [5, 5.41) is 7.48. The summed E-state index contributed by atoms with van der Waals surface area (Å²) in [5.41, 5.74) is 2.73. The normalized spacial score (nSPS) is 15.0. The Morgan fingerprint density at radius 2 is 2.22 bits per heavy atom. The number of aryl methyl sites for hydroxylation is 1. The molecule has 1 aromatic carbocycles. The first-order valence-electron chi connectivity index (χ1n) is 6.24. The fourth-order valence-corrected chi connectivity index (χ4v) is 2.07. The third kappa shape index (κ3) is 2.29. The van der Waals surface area contributed by atoms with E-state index in [0.29, 0.717) is 12.6 Å². The summed E-state index contributed by atoms with van der Waals surface area (Å²) in [6.07, 6.45) is 4.17. The molecule has 1 saturated carbocycles. The first-order valence-corrected chi connectivity index (χ1v) is 6.24. The maximum Gasteiger partial charge on any atom is 0.127 e. The predicted octanol–water partition coefficient (Wildman–Crippen LogP) is 2.48. The average molecular weight is 245 g/mol. The number of nitrogens with zero attached hydrogens (tertiary/aromatic N) is 2. The molecular formula is C14H16FN3. The van der Waals surface area contributed by atoms with Gasteiger partial charge in [-0.1, -0.05) is 0 Å². The number of halogens is 1. The van der Waals surface area contributed by atoms with Crippen molar-refractivity contribution >= 4 is 0 Å². The van der Waals surface area contributed by atoms with Gasteiger partial charge in [0.15, 0.2) is 0 Å². The molecule has 0 radical (unpaired) electrons. The van der Waals surface area contributed by atoms with Crippen LogP contribution in [0.15, 0.2) is 30.5 Å². The lowest BCUT2D eigenvalue weighted by atomic mass is 10.1. The molecule has 3 nitrogen and oxygen atoms in total. The first-order chi connectivity index (χ1) is 8.74. The minimum Gasteiger partial charge on any atom is -0.310 e. The Labute approximate surface area is 106 Å². The molecule has 0 bridgehead atoms. The Bertz CT molecular complexity index is 558. The van der Waals surface area contributed by atoms with E-state index in [1.807, 2.05) is 19.2 Å². The van der Waals surface area contributed by atoms with Gasteiger partial charge in [0, 0.05) is 37.0 Å². The largest absolute Gasteiger partial charge is 0.310 e. The molecule has 2 aromatic rings. The zero-order valence-corrected chi connectivity index (χ0v) is 10.4. The van der Waals surface area contributed by atoms with Crippen molar-refractivity contribution in [1.29, 1.82) is 0 Å². The number of rotatable bonds is 4. The standard InChI is InChI=1S/C14H16FN3/c1-18-14(6-7-17-18)10-2-5-13(15)11(8-10)9-16-12-3-4-12/h2,5-8,12,16H,3-4,9H2,1H3. The predicted molar refractivity (Wildman–Crippen MR) is 68.5 cm³/mol. The van der Waals surface area contributed by atoms with Crippen molar-refractivity contribution in [2.24, 2.45) is 7.05 Å².